The van der Waals surface area contributed by atoms with E-state index in [2.05, 4.69) is 41.5 Å². The van der Waals surface area contributed by atoms with Gasteiger partial charge in [-0.25, -0.2) is 9.59 Å². The molecule has 0 amide bonds. The minimum absolute atomic E-state index is 0. The van der Waals surface area contributed by atoms with Crippen LogP contribution in [0.2, 0.25) is 5.04 Å². The van der Waals surface area contributed by atoms with E-state index in [1.54, 1.807) is 0 Å². The summed E-state index contributed by atoms with van der Waals surface area (Å²) in [5, 5.41) is 16.8. The smallest absolute Gasteiger partial charge is 0.328 e. The second-order valence-corrected chi connectivity index (χ2v) is 8.87. The van der Waals surface area contributed by atoms with Crippen LogP contribution in [0.5, 0.6) is 0 Å². The molecule has 0 aliphatic rings. The predicted octanol–water partition coefficient (Wildman–Crippen LogP) is 4.20. The summed E-state index contributed by atoms with van der Waals surface area (Å²) < 4.78 is 0. The molecule has 0 rings (SSSR count). The van der Waals surface area contributed by atoms with E-state index in [0.717, 1.165) is 6.08 Å². The van der Waals surface area contributed by atoms with Gasteiger partial charge in [-0.2, -0.15) is 41.5 Å². The molecular weight excluding hydrogens is 380 g/mol. The molecule has 0 unspecified atom stereocenters. The number of aliphatic carboxylic acids is 2. The maximum atomic E-state index is 10.6. The third-order valence-electron chi connectivity index (χ3n) is 1.01. The van der Waals surface area contributed by atoms with Gasteiger partial charge in [0.2, 0.25) is 0 Å². The second-order valence-electron chi connectivity index (χ2n) is 6.58. The van der Waals surface area contributed by atoms with Crippen molar-refractivity contribution in [2.45, 2.75) is 67.4 Å². The van der Waals surface area contributed by atoms with E-state index in [0.29, 0.717) is 0 Å². The predicted molar refractivity (Wildman–Crippen MR) is 89.4 cm³/mol. The fourth-order valence-electron chi connectivity index (χ4n) is 0.679. The molecule has 2 radical (unpaired) electrons. The monoisotopic (exact) mass is 410 g/mol. The summed E-state index contributed by atoms with van der Waals surface area (Å²) in [7, 11) is -0.0134. The zero-order chi connectivity index (χ0) is 17.8. The van der Waals surface area contributed by atoms with Crippen LogP contribution in [0, 0.1) is 11.8 Å². The summed E-state index contributed by atoms with van der Waals surface area (Å²) in [5.74, 6) is 0.463. The second kappa shape index (κ2) is 18.7. The molecular formula is C16H30O4SiTi2-2. The maximum absolute atomic E-state index is 10.6. The van der Waals surface area contributed by atoms with Gasteiger partial charge in [-0.05, 0) is 5.04 Å². The molecule has 0 aromatic rings. The van der Waals surface area contributed by atoms with Gasteiger partial charge in [-0.1, -0.05) is 20.8 Å². The zero-order valence-electron chi connectivity index (χ0n) is 15.8. The van der Waals surface area contributed by atoms with Gasteiger partial charge in [0.15, 0.2) is 0 Å². The Hall–Kier alpha value is 0.325. The van der Waals surface area contributed by atoms with Gasteiger partial charge >= 0.3 is 11.9 Å². The quantitative estimate of drug-likeness (QED) is 0.416. The molecule has 7 heteroatoms. The summed E-state index contributed by atoms with van der Waals surface area (Å²) in [5.41, 5.74) is 0. The number of hydrogen-bond acceptors (Lipinski definition) is 2. The van der Waals surface area contributed by atoms with Crippen LogP contribution in [0.3, 0.4) is 0 Å². The number of carboxylic acid groups (broad SMARTS) is 2. The third kappa shape index (κ3) is 51.9. The molecule has 0 spiro atoms. The minimum Gasteiger partial charge on any atom is -0.478 e. The zero-order valence-corrected chi connectivity index (χ0v) is 19.9. The molecule has 0 aliphatic carbocycles. The normalized spacial score (nSPS) is 10.3. The number of carbonyl (C=O) groups is 2. The van der Waals surface area contributed by atoms with Gasteiger partial charge in [0.25, 0.3) is 0 Å². The third-order valence-corrected chi connectivity index (χ3v) is 2.39. The molecule has 0 atom stereocenters. The van der Waals surface area contributed by atoms with Crippen molar-refractivity contribution in [3.05, 3.63) is 23.1 Å². The first-order valence-corrected chi connectivity index (χ1v) is 7.68. The Bertz CT molecular complexity index is 324. The molecule has 0 aromatic heterocycles. The molecule has 0 aromatic carbocycles. The molecule has 2 N–H and O–H groups in total. The maximum Gasteiger partial charge on any atom is 0.328 e. The number of hydrogen-bond donors (Lipinski definition) is 2. The molecule has 132 valence electrons. The fraction of sp³-hybridized carbons (Fsp3) is 0.625. The average Bonchev–Trinajstić information content (AvgIpc) is 2.10. The van der Waals surface area contributed by atoms with Gasteiger partial charge in [-0.15, -0.1) is 0 Å². The van der Waals surface area contributed by atoms with E-state index in [4.69, 9.17) is 10.2 Å². The molecule has 0 fully saturated rings. The van der Waals surface area contributed by atoms with E-state index in [1.807, 2.05) is 20.8 Å². The van der Waals surface area contributed by atoms with Crippen molar-refractivity contribution >= 4 is 21.5 Å². The first kappa shape index (κ1) is 34.6. The van der Waals surface area contributed by atoms with Crippen molar-refractivity contribution in [3.63, 3.8) is 0 Å². The van der Waals surface area contributed by atoms with Crippen LogP contribution in [0.25, 0.3) is 0 Å². The molecule has 0 bridgehead atoms. The van der Waals surface area contributed by atoms with E-state index >= 15 is 0 Å². The van der Waals surface area contributed by atoms with Crippen LogP contribution in [0.1, 0.15) is 62.3 Å². The minimum atomic E-state index is -1.21. The van der Waals surface area contributed by atoms with Gasteiger partial charge < -0.3 is 22.0 Å². The largest absolute Gasteiger partial charge is 0.478 e. The van der Waals surface area contributed by atoms with E-state index in [9.17, 15) is 9.59 Å². The number of carboxylic acids is 2. The van der Waals surface area contributed by atoms with Crippen molar-refractivity contribution in [2.75, 3.05) is 0 Å². The Morgan fingerprint density at radius 2 is 1.13 bits per heavy atom. The van der Waals surface area contributed by atoms with Gasteiger partial charge in [0, 0.05) is 54.7 Å². The molecule has 0 saturated carbocycles. The Labute approximate surface area is 174 Å². The first-order valence-electron chi connectivity index (χ1n) is 6.68. The van der Waals surface area contributed by atoms with Gasteiger partial charge in [0.1, 0.15) is 0 Å². The topological polar surface area (TPSA) is 74.6 Å². The van der Waals surface area contributed by atoms with Gasteiger partial charge in [0.05, 0.1) is 9.52 Å². The van der Waals surface area contributed by atoms with Crippen LogP contribution < -0.4 is 0 Å². The standard InChI is InChI=1S/C8H12O4Si.2C4H9.2Ti/c1-8(2,3)13-5(7(11)12)4-6(9)10;2*1-4(2)3;;/h4H,1-3H3,(H,9,10)(H,11,12);2*1-3H3;;/q;2*-1;;/b5-4+;;;;. The average molecular weight is 410 g/mol. The Morgan fingerprint density at radius 1 is 0.870 bits per heavy atom. The fourth-order valence-corrected chi connectivity index (χ4v) is 1.79. The molecule has 23 heavy (non-hydrogen) atoms. The Balaban J connectivity index is -0.0000000909. The van der Waals surface area contributed by atoms with Crippen molar-refractivity contribution in [1.29, 1.82) is 0 Å². The number of rotatable bonds is 3. The van der Waals surface area contributed by atoms with E-state index < -0.39 is 11.9 Å². The molecule has 0 saturated heterocycles. The van der Waals surface area contributed by atoms with E-state index in [-0.39, 0.29) is 63.2 Å². The first-order chi connectivity index (χ1) is 9.19. The van der Waals surface area contributed by atoms with Crippen molar-refractivity contribution < 1.29 is 63.2 Å². The van der Waals surface area contributed by atoms with E-state index in [1.165, 1.54) is 11.8 Å². The summed E-state index contributed by atoms with van der Waals surface area (Å²) in [4.78, 5) is 20.9. The molecule has 4 nitrogen and oxygen atoms in total. The van der Waals surface area contributed by atoms with Crippen molar-refractivity contribution in [2.24, 2.45) is 0 Å². The summed E-state index contributed by atoms with van der Waals surface area (Å²) in [6, 6.07) is 0. The van der Waals surface area contributed by atoms with Crippen molar-refractivity contribution in [3.8, 4) is 0 Å². The Morgan fingerprint density at radius 3 is 1.26 bits per heavy atom. The van der Waals surface area contributed by atoms with Crippen LogP contribution in [-0.4, -0.2) is 31.7 Å². The summed E-state index contributed by atoms with van der Waals surface area (Å²) in [6.45, 7) is 18.1. The van der Waals surface area contributed by atoms with Crippen LogP contribution in [-0.2, 0) is 53.0 Å². The SMILES string of the molecule is CC(C)(C)[Si]/C(=C/C(=O)O)C(=O)O.C[C-](C)C.C[C-](C)C.[Ti].[Ti]. The molecule has 0 aliphatic heterocycles. The van der Waals surface area contributed by atoms with Crippen LogP contribution in [0.15, 0.2) is 11.3 Å². The Kier molecular flexibility index (Phi) is 28.1. The van der Waals surface area contributed by atoms with Crippen LogP contribution >= 0.6 is 0 Å². The summed E-state index contributed by atoms with van der Waals surface area (Å²) in [6.07, 6.45) is 0.756. The molecule has 0 heterocycles. The summed E-state index contributed by atoms with van der Waals surface area (Å²) >= 11 is 0. The van der Waals surface area contributed by atoms with Gasteiger partial charge in [-0.3, -0.25) is 0 Å². The van der Waals surface area contributed by atoms with Crippen molar-refractivity contribution in [1.82, 2.24) is 0 Å². The van der Waals surface area contributed by atoms with Crippen LogP contribution in [0.4, 0.5) is 0 Å².